The van der Waals surface area contributed by atoms with E-state index in [9.17, 15) is 0 Å². The van der Waals surface area contributed by atoms with Crippen LogP contribution >= 0.6 is 0 Å². The molecule has 1 aliphatic rings. The summed E-state index contributed by atoms with van der Waals surface area (Å²) in [6.45, 7) is 1.15. The fourth-order valence-electron chi connectivity index (χ4n) is 2.00. The second kappa shape index (κ2) is 5.12. The Bertz CT molecular complexity index is 291. The Morgan fingerprint density at radius 1 is 1.47 bits per heavy atom. The first-order valence-corrected chi connectivity index (χ1v) is 5.61. The van der Waals surface area contributed by atoms with Gasteiger partial charge in [-0.1, -0.05) is 6.42 Å². The molecule has 0 spiro atoms. The van der Waals surface area contributed by atoms with Gasteiger partial charge in [0.05, 0.1) is 13.3 Å². The van der Waals surface area contributed by atoms with Crippen LogP contribution < -0.4 is 10.1 Å². The van der Waals surface area contributed by atoms with Crippen LogP contribution in [0.15, 0.2) is 18.3 Å². The summed E-state index contributed by atoms with van der Waals surface area (Å²) in [7, 11) is 1.67. The molecule has 1 aromatic heterocycles. The van der Waals surface area contributed by atoms with Gasteiger partial charge in [-0.3, -0.25) is 4.98 Å². The van der Waals surface area contributed by atoms with Crippen LogP contribution in [0.1, 0.15) is 25.0 Å². The molecule has 3 nitrogen and oxygen atoms in total. The predicted molar refractivity (Wildman–Crippen MR) is 60.1 cm³/mol. The fourth-order valence-corrected chi connectivity index (χ4v) is 2.00. The molecule has 0 bridgehead atoms. The molecule has 0 aromatic carbocycles. The van der Waals surface area contributed by atoms with Gasteiger partial charge in [-0.2, -0.15) is 0 Å². The van der Waals surface area contributed by atoms with Crippen molar-refractivity contribution in [3.05, 3.63) is 24.0 Å². The van der Waals surface area contributed by atoms with E-state index in [2.05, 4.69) is 16.4 Å². The van der Waals surface area contributed by atoms with Crippen molar-refractivity contribution < 1.29 is 4.74 Å². The van der Waals surface area contributed by atoms with Gasteiger partial charge in [-0.15, -0.1) is 0 Å². The minimum atomic E-state index is 0.611. The van der Waals surface area contributed by atoms with Crippen LogP contribution in [-0.4, -0.2) is 24.7 Å². The van der Waals surface area contributed by atoms with Crippen molar-refractivity contribution in [2.24, 2.45) is 0 Å². The van der Waals surface area contributed by atoms with Gasteiger partial charge in [-0.25, -0.2) is 0 Å². The fraction of sp³-hybridized carbons (Fsp3) is 0.583. The summed E-state index contributed by atoms with van der Waals surface area (Å²) in [6.07, 6.45) is 6.75. The Morgan fingerprint density at radius 2 is 2.40 bits per heavy atom. The summed E-state index contributed by atoms with van der Waals surface area (Å²) >= 11 is 0. The lowest BCUT2D eigenvalue weighted by molar-refractivity contribution is 0.395. The van der Waals surface area contributed by atoms with Crippen molar-refractivity contribution in [1.82, 2.24) is 10.3 Å². The molecule has 0 radical (unpaired) electrons. The Hall–Kier alpha value is -1.09. The predicted octanol–water partition coefficient (Wildman–Crippen LogP) is 1.77. The molecule has 15 heavy (non-hydrogen) atoms. The molecule has 1 atom stereocenters. The number of nitrogens with one attached hydrogen (secondary N) is 1. The Labute approximate surface area is 90.9 Å². The molecule has 0 saturated carbocycles. The van der Waals surface area contributed by atoms with Crippen LogP contribution in [0.4, 0.5) is 0 Å². The summed E-state index contributed by atoms with van der Waals surface area (Å²) in [5.41, 5.74) is 1.15. The maximum Gasteiger partial charge on any atom is 0.137 e. The summed E-state index contributed by atoms with van der Waals surface area (Å²) in [5.74, 6) is 0.829. The van der Waals surface area contributed by atoms with E-state index in [4.69, 9.17) is 4.74 Å². The number of aromatic nitrogens is 1. The number of piperidine rings is 1. The van der Waals surface area contributed by atoms with Gasteiger partial charge in [0.1, 0.15) is 5.75 Å². The molecule has 1 fully saturated rings. The highest BCUT2D eigenvalue weighted by Crippen LogP contribution is 2.13. The topological polar surface area (TPSA) is 34.1 Å². The zero-order valence-corrected chi connectivity index (χ0v) is 9.20. The number of ether oxygens (including phenoxy) is 1. The molecule has 2 rings (SSSR count). The molecule has 82 valence electrons. The molecule has 1 N–H and O–H groups in total. The van der Waals surface area contributed by atoms with Crippen molar-refractivity contribution in [2.75, 3.05) is 13.7 Å². The van der Waals surface area contributed by atoms with Gasteiger partial charge in [-0.05, 0) is 31.5 Å². The van der Waals surface area contributed by atoms with Crippen LogP contribution in [-0.2, 0) is 6.42 Å². The van der Waals surface area contributed by atoms with Gasteiger partial charge in [0.15, 0.2) is 0 Å². The van der Waals surface area contributed by atoms with Crippen molar-refractivity contribution in [1.29, 1.82) is 0 Å². The third-order valence-electron chi connectivity index (χ3n) is 2.90. The second-order valence-corrected chi connectivity index (χ2v) is 4.04. The molecule has 1 aromatic rings. The number of hydrogen-bond acceptors (Lipinski definition) is 3. The van der Waals surface area contributed by atoms with Gasteiger partial charge in [0.2, 0.25) is 0 Å². The first-order chi connectivity index (χ1) is 7.38. The third-order valence-corrected chi connectivity index (χ3v) is 2.90. The van der Waals surface area contributed by atoms with Crippen molar-refractivity contribution in [2.45, 2.75) is 31.7 Å². The SMILES string of the molecule is COc1ccc(CC2CCCCN2)nc1. The van der Waals surface area contributed by atoms with E-state index >= 15 is 0 Å². The van der Waals surface area contributed by atoms with E-state index in [0.29, 0.717) is 6.04 Å². The molecule has 1 saturated heterocycles. The van der Waals surface area contributed by atoms with Gasteiger partial charge in [0.25, 0.3) is 0 Å². The zero-order valence-electron chi connectivity index (χ0n) is 9.20. The highest BCUT2D eigenvalue weighted by Gasteiger charge is 2.13. The normalized spacial score (nSPS) is 21.3. The van der Waals surface area contributed by atoms with E-state index in [1.165, 1.54) is 19.3 Å². The van der Waals surface area contributed by atoms with Crippen LogP contribution in [0.3, 0.4) is 0 Å². The highest BCUT2D eigenvalue weighted by molar-refractivity contribution is 5.20. The summed E-state index contributed by atoms with van der Waals surface area (Å²) in [5, 5.41) is 3.52. The molecule has 2 heterocycles. The monoisotopic (exact) mass is 206 g/mol. The molecular weight excluding hydrogens is 188 g/mol. The molecule has 0 amide bonds. The summed E-state index contributed by atoms with van der Waals surface area (Å²) < 4.78 is 5.08. The maximum absolute atomic E-state index is 5.08. The van der Waals surface area contributed by atoms with Gasteiger partial charge < -0.3 is 10.1 Å². The average molecular weight is 206 g/mol. The average Bonchev–Trinajstić information content (AvgIpc) is 2.31. The standard InChI is InChI=1S/C12H18N2O/c1-15-12-6-5-11(14-9-12)8-10-4-2-3-7-13-10/h5-6,9-10,13H,2-4,7-8H2,1H3. The van der Waals surface area contributed by atoms with Crippen LogP contribution in [0.25, 0.3) is 0 Å². The number of rotatable bonds is 3. The lowest BCUT2D eigenvalue weighted by Gasteiger charge is -2.22. The molecule has 3 heteroatoms. The van der Waals surface area contributed by atoms with Crippen molar-refractivity contribution in [3.8, 4) is 5.75 Å². The number of hydrogen-bond donors (Lipinski definition) is 1. The number of pyridine rings is 1. The highest BCUT2D eigenvalue weighted by atomic mass is 16.5. The molecule has 1 unspecified atom stereocenters. The zero-order chi connectivity index (χ0) is 10.5. The van der Waals surface area contributed by atoms with Crippen LogP contribution in [0.2, 0.25) is 0 Å². The lowest BCUT2D eigenvalue weighted by atomic mass is 10.0. The van der Waals surface area contributed by atoms with E-state index in [1.54, 1.807) is 13.3 Å². The quantitative estimate of drug-likeness (QED) is 0.818. The summed E-state index contributed by atoms with van der Waals surface area (Å²) in [4.78, 5) is 4.38. The van der Waals surface area contributed by atoms with E-state index in [1.807, 2.05) is 6.07 Å². The Morgan fingerprint density at radius 3 is 3.00 bits per heavy atom. The van der Waals surface area contributed by atoms with Crippen LogP contribution in [0.5, 0.6) is 5.75 Å². The minimum absolute atomic E-state index is 0.611. The van der Waals surface area contributed by atoms with E-state index in [0.717, 1.165) is 24.4 Å². The van der Waals surface area contributed by atoms with E-state index < -0.39 is 0 Å². The van der Waals surface area contributed by atoms with Crippen molar-refractivity contribution >= 4 is 0 Å². The first kappa shape index (κ1) is 10.4. The summed E-state index contributed by atoms with van der Waals surface area (Å²) in [6, 6.07) is 4.64. The lowest BCUT2D eigenvalue weighted by Crippen LogP contribution is -2.35. The number of nitrogens with zero attached hydrogens (tertiary/aromatic N) is 1. The smallest absolute Gasteiger partial charge is 0.137 e. The minimum Gasteiger partial charge on any atom is -0.495 e. The molecule has 0 aliphatic carbocycles. The van der Waals surface area contributed by atoms with Gasteiger partial charge in [0, 0.05) is 18.2 Å². The maximum atomic E-state index is 5.08. The second-order valence-electron chi connectivity index (χ2n) is 4.04. The van der Waals surface area contributed by atoms with Crippen molar-refractivity contribution in [3.63, 3.8) is 0 Å². The Balaban J connectivity index is 1.91. The molecule has 1 aliphatic heterocycles. The Kier molecular flexibility index (Phi) is 3.56. The largest absolute Gasteiger partial charge is 0.495 e. The molecular formula is C12H18N2O. The third kappa shape index (κ3) is 2.93. The first-order valence-electron chi connectivity index (χ1n) is 5.61. The number of methoxy groups -OCH3 is 1. The van der Waals surface area contributed by atoms with E-state index in [-0.39, 0.29) is 0 Å². The van der Waals surface area contributed by atoms with Crippen LogP contribution in [0, 0.1) is 0 Å². The van der Waals surface area contributed by atoms with Gasteiger partial charge >= 0.3 is 0 Å².